The Morgan fingerprint density at radius 3 is 2.59 bits per heavy atom. The van der Waals surface area contributed by atoms with Crippen LogP contribution in [-0.4, -0.2) is 18.5 Å². The van der Waals surface area contributed by atoms with Crippen LogP contribution in [0.1, 0.15) is 42.5 Å². The molecular formula is C14H17BrO2. The van der Waals surface area contributed by atoms with Crippen LogP contribution < -0.4 is 0 Å². The van der Waals surface area contributed by atoms with Crippen LogP contribution in [0.25, 0.3) is 0 Å². The molecule has 0 saturated heterocycles. The van der Waals surface area contributed by atoms with Crippen molar-refractivity contribution >= 4 is 21.7 Å². The van der Waals surface area contributed by atoms with Crippen molar-refractivity contribution in [1.82, 2.24) is 0 Å². The van der Waals surface area contributed by atoms with Gasteiger partial charge in [-0.2, -0.15) is 0 Å². The molecule has 0 spiro atoms. The first-order chi connectivity index (χ1) is 8.25. The van der Waals surface area contributed by atoms with Crippen molar-refractivity contribution in [3.05, 3.63) is 34.3 Å². The van der Waals surface area contributed by atoms with Gasteiger partial charge in [-0.1, -0.05) is 28.1 Å². The fourth-order valence-electron chi connectivity index (χ4n) is 1.80. The van der Waals surface area contributed by atoms with E-state index in [0.717, 1.165) is 16.5 Å². The number of ether oxygens (including phenoxy) is 1. The maximum absolute atomic E-state index is 11.8. The number of carbonyl (C=O) groups is 1. The number of benzene rings is 1. The molecule has 0 radical (unpaired) electrons. The Kier molecular flexibility index (Phi) is 4.75. The van der Waals surface area contributed by atoms with E-state index in [0.29, 0.717) is 19.1 Å². The highest BCUT2D eigenvalue weighted by molar-refractivity contribution is 9.10. The Morgan fingerprint density at radius 2 is 2.00 bits per heavy atom. The third-order valence-corrected chi connectivity index (χ3v) is 3.65. The first kappa shape index (κ1) is 12.8. The van der Waals surface area contributed by atoms with E-state index in [-0.39, 0.29) is 5.78 Å². The molecule has 1 saturated carbocycles. The monoisotopic (exact) mass is 296 g/mol. The number of rotatable bonds is 6. The molecule has 17 heavy (non-hydrogen) atoms. The minimum Gasteiger partial charge on any atom is -0.378 e. The van der Waals surface area contributed by atoms with Gasteiger partial charge in [0.2, 0.25) is 0 Å². The molecule has 1 aromatic rings. The van der Waals surface area contributed by atoms with Crippen molar-refractivity contribution in [2.24, 2.45) is 0 Å². The number of hydrogen-bond acceptors (Lipinski definition) is 2. The molecule has 2 rings (SSSR count). The van der Waals surface area contributed by atoms with E-state index in [9.17, 15) is 4.79 Å². The van der Waals surface area contributed by atoms with E-state index >= 15 is 0 Å². The van der Waals surface area contributed by atoms with Crippen molar-refractivity contribution in [3.63, 3.8) is 0 Å². The first-order valence-corrected chi connectivity index (χ1v) is 6.95. The van der Waals surface area contributed by atoms with E-state index in [1.54, 1.807) is 0 Å². The number of hydrogen-bond donors (Lipinski definition) is 0. The Bertz CT molecular complexity index is 368. The van der Waals surface area contributed by atoms with Gasteiger partial charge in [0.1, 0.15) is 0 Å². The van der Waals surface area contributed by atoms with Crippen LogP contribution in [0, 0.1) is 0 Å². The average molecular weight is 297 g/mol. The fourth-order valence-corrected chi connectivity index (χ4v) is 2.06. The summed E-state index contributed by atoms with van der Waals surface area (Å²) < 4.78 is 6.63. The van der Waals surface area contributed by atoms with E-state index < -0.39 is 0 Å². The molecule has 92 valence electrons. The van der Waals surface area contributed by atoms with Gasteiger partial charge in [0.05, 0.1) is 6.10 Å². The minimum absolute atomic E-state index is 0.203. The Labute approximate surface area is 110 Å². The van der Waals surface area contributed by atoms with Crippen LogP contribution >= 0.6 is 15.9 Å². The summed E-state index contributed by atoms with van der Waals surface area (Å²) in [6, 6.07) is 7.52. The summed E-state index contributed by atoms with van der Waals surface area (Å²) >= 11 is 3.36. The zero-order valence-electron chi connectivity index (χ0n) is 9.82. The molecule has 0 aromatic heterocycles. The van der Waals surface area contributed by atoms with Crippen LogP contribution in [0.3, 0.4) is 0 Å². The molecule has 0 amide bonds. The molecular weight excluding hydrogens is 280 g/mol. The summed E-state index contributed by atoms with van der Waals surface area (Å²) in [5.74, 6) is 0.203. The van der Waals surface area contributed by atoms with Gasteiger partial charge >= 0.3 is 0 Å². The minimum atomic E-state index is 0.203. The summed E-state index contributed by atoms with van der Waals surface area (Å²) in [7, 11) is 0. The van der Waals surface area contributed by atoms with Crippen LogP contribution in [-0.2, 0) is 4.74 Å². The lowest BCUT2D eigenvalue weighted by Crippen LogP contribution is -2.22. The van der Waals surface area contributed by atoms with Crippen LogP contribution in [0.15, 0.2) is 28.7 Å². The van der Waals surface area contributed by atoms with Gasteiger partial charge in [0.15, 0.2) is 5.78 Å². The van der Waals surface area contributed by atoms with Crippen molar-refractivity contribution in [2.45, 2.75) is 38.2 Å². The second-order valence-corrected chi connectivity index (χ2v) is 5.37. The highest BCUT2D eigenvalue weighted by atomic mass is 79.9. The van der Waals surface area contributed by atoms with Gasteiger partial charge in [0, 0.05) is 23.1 Å². The first-order valence-electron chi connectivity index (χ1n) is 6.16. The van der Waals surface area contributed by atoms with Gasteiger partial charge in [-0.3, -0.25) is 4.79 Å². The molecule has 1 aliphatic rings. The van der Waals surface area contributed by atoms with Gasteiger partial charge in [0.25, 0.3) is 0 Å². The van der Waals surface area contributed by atoms with Crippen molar-refractivity contribution in [2.75, 3.05) is 6.61 Å². The third kappa shape index (κ3) is 3.93. The normalized spacial score (nSPS) is 15.6. The SMILES string of the molecule is O=C(CCCOC1CCC1)c1ccc(Br)cc1. The van der Waals surface area contributed by atoms with Gasteiger partial charge in [-0.15, -0.1) is 0 Å². The maximum Gasteiger partial charge on any atom is 0.162 e. The number of carbonyl (C=O) groups excluding carboxylic acids is 1. The predicted octanol–water partition coefficient (Wildman–Crippen LogP) is 3.98. The van der Waals surface area contributed by atoms with Gasteiger partial charge in [-0.05, 0) is 37.8 Å². The van der Waals surface area contributed by atoms with E-state index in [2.05, 4.69) is 15.9 Å². The lowest BCUT2D eigenvalue weighted by molar-refractivity contribution is 0.00103. The quantitative estimate of drug-likeness (QED) is 0.586. The van der Waals surface area contributed by atoms with Crippen LogP contribution in [0.5, 0.6) is 0 Å². The lowest BCUT2D eigenvalue weighted by Gasteiger charge is -2.25. The molecule has 0 aliphatic heterocycles. The summed E-state index contributed by atoms with van der Waals surface area (Å²) in [5.41, 5.74) is 0.789. The summed E-state index contributed by atoms with van der Waals surface area (Å²) in [6.45, 7) is 0.715. The Hall–Kier alpha value is -0.670. The van der Waals surface area contributed by atoms with E-state index in [1.165, 1.54) is 19.3 Å². The molecule has 0 heterocycles. The van der Waals surface area contributed by atoms with Crippen molar-refractivity contribution in [3.8, 4) is 0 Å². The topological polar surface area (TPSA) is 26.3 Å². The molecule has 1 aromatic carbocycles. The standard InChI is InChI=1S/C14H17BrO2/c15-12-8-6-11(7-9-12)14(16)5-2-10-17-13-3-1-4-13/h6-9,13H,1-5,10H2. The molecule has 3 heteroatoms. The van der Waals surface area contributed by atoms with Gasteiger partial charge in [-0.25, -0.2) is 0 Å². The van der Waals surface area contributed by atoms with E-state index in [1.807, 2.05) is 24.3 Å². The third-order valence-electron chi connectivity index (χ3n) is 3.12. The van der Waals surface area contributed by atoms with Crippen LogP contribution in [0.2, 0.25) is 0 Å². The number of ketones is 1. The lowest BCUT2D eigenvalue weighted by atomic mass is 9.96. The molecule has 0 atom stereocenters. The van der Waals surface area contributed by atoms with Crippen molar-refractivity contribution < 1.29 is 9.53 Å². The second-order valence-electron chi connectivity index (χ2n) is 4.46. The predicted molar refractivity (Wildman–Crippen MR) is 71.3 cm³/mol. The van der Waals surface area contributed by atoms with Crippen molar-refractivity contribution in [1.29, 1.82) is 0 Å². The zero-order valence-corrected chi connectivity index (χ0v) is 11.4. The fraction of sp³-hybridized carbons (Fsp3) is 0.500. The zero-order chi connectivity index (χ0) is 12.1. The number of halogens is 1. The smallest absolute Gasteiger partial charge is 0.162 e. The summed E-state index contributed by atoms with van der Waals surface area (Å²) in [4.78, 5) is 11.8. The largest absolute Gasteiger partial charge is 0.378 e. The van der Waals surface area contributed by atoms with Crippen LogP contribution in [0.4, 0.5) is 0 Å². The Morgan fingerprint density at radius 1 is 1.29 bits per heavy atom. The van der Waals surface area contributed by atoms with E-state index in [4.69, 9.17) is 4.74 Å². The highest BCUT2D eigenvalue weighted by Gasteiger charge is 2.17. The molecule has 0 N–H and O–H groups in total. The molecule has 0 bridgehead atoms. The molecule has 2 nitrogen and oxygen atoms in total. The highest BCUT2D eigenvalue weighted by Crippen LogP contribution is 2.22. The second kappa shape index (κ2) is 6.31. The average Bonchev–Trinajstić information content (AvgIpc) is 2.27. The summed E-state index contributed by atoms with van der Waals surface area (Å²) in [5, 5.41) is 0. The maximum atomic E-state index is 11.8. The molecule has 0 unspecified atom stereocenters. The molecule has 1 fully saturated rings. The molecule has 1 aliphatic carbocycles. The van der Waals surface area contributed by atoms with Gasteiger partial charge < -0.3 is 4.74 Å². The number of Topliss-reactive ketones (excluding diaryl/α,β-unsaturated/α-hetero) is 1. The summed E-state index contributed by atoms with van der Waals surface area (Å²) in [6.07, 6.45) is 5.56. The Balaban J connectivity index is 1.67.